The van der Waals surface area contributed by atoms with Gasteiger partial charge in [0, 0.05) is 29.8 Å². The largest absolute Gasteiger partial charge is 0.484 e. The summed E-state index contributed by atoms with van der Waals surface area (Å²) in [6.07, 6.45) is 2.62. The van der Waals surface area contributed by atoms with Gasteiger partial charge in [-0.2, -0.15) is 4.31 Å². The SMILES string of the molecule is O=C(COc1ccc(C(=O)c2ccccc2)cc1)NNC(=O)c1cccc(S(=O)(=O)N2CCCCC2)c1. The minimum absolute atomic E-state index is 0.0332. The van der Waals surface area contributed by atoms with Gasteiger partial charge < -0.3 is 4.74 Å². The molecular formula is C27H27N3O6S. The average molecular weight is 522 g/mol. The number of carbonyl (C=O) groups excluding carboxylic acids is 3. The standard InChI is InChI=1S/C27H27N3O6S/c31-25(19-36-23-14-12-21(13-15-23)26(32)20-8-3-1-4-9-20)28-29-27(33)22-10-7-11-24(18-22)37(34,35)30-16-5-2-6-17-30/h1,3-4,7-15,18H,2,5-6,16-17,19H2,(H,28,31)(H,29,33). The van der Waals surface area contributed by atoms with Crippen LogP contribution in [0.4, 0.5) is 0 Å². The number of sulfonamides is 1. The molecule has 10 heteroatoms. The second kappa shape index (κ2) is 11.8. The average Bonchev–Trinajstić information content (AvgIpc) is 2.95. The van der Waals surface area contributed by atoms with Crippen LogP contribution in [0.25, 0.3) is 0 Å². The third kappa shape index (κ3) is 6.60. The zero-order chi connectivity index (χ0) is 26.3. The smallest absolute Gasteiger partial charge is 0.276 e. The fourth-order valence-electron chi connectivity index (χ4n) is 3.89. The van der Waals surface area contributed by atoms with Crippen molar-refractivity contribution >= 4 is 27.6 Å². The molecule has 1 aliphatic rings. The fraction of sp³-hybridized carbons (Fsp3) is 0.222. The van der Waals surface area contributed by atoms with E-state index in [1.165, 1.54) is 28.6 Å². The number of carbonyl (C=O) groups is 3. The Morgan fingerprint density at radius 3 is 2.11 bits per heavy atom. The molecule has 3 aromatic rings. The van der Waals surface area contributed by atoms with Crippen LogP contribution in [0.15, 0.2) is 83.8 Å². The first-order chi connectivity index (χ1) is 17.8. The summed E-state index contributed by atoms with van der Waals surface area (Å²) in [5.74, 6) is -1.02. The zero-order valence-electron chi connectivity index (χ0n) is 20.1. The second-order valence-electron chi connectivity index (χ2n) is 8.50. The van der Waals surface area contributed by atoms with Crippen molar-refractivity contribution in [2.24, 2.45) is 0 Å². The first kappa shape index (κ1) is 26.1. The van der Waals surface area contributed by atoms with E-state index >= 15 is 0 Å². The van der Waals surface area contributed by atoms with Crippen molar-refractivity contribution in [2.75, 3.05) is 19.7 Å². The van der Waals surface area contributed by atoms with Crippen LogP contribution in [0.3, 0.4) is 0 Å². The first-order valence-electron chi connectivity index (χ1n) is 11.9. The van der Waals surface area contributed by atoms with Gasteiger partial charge in [0.05, 0.1) is 4.90 Å². The van der Waals surface area contributed by atoms with Crippen LogP contribution in [0.5, 0.6) is 5.75 Å². The topological polar surface area (TPSA) is 122 Å². The number of hydrogen-bond acceptors (Lipinski definition) is 6. The Kier molecular flexibility index (Phi) is 8.32. The minimum Gasteiger partial charge on any atom is -0.484 e. The van der Waals surface area contributed by atoms with Gasteiger partial charge in [0.2, 0.25) is 10.0 Å². The quantitative estimate of drug-likeness (QED) is 0.347. The number of ether oxygens (including phenoxy) is 1. The third-order valence-corrected chi connectivity index (χ3v) is 7.78. The summed E-state index contributed by atoms with van der Waals surface area (Å²) in [6.45, 7) is 0.539. The molecule has 37 heavy (non-hydrogen) atoms. The van der Waals surface area contributed by atoms with Gasteiger partial charge in [0.25, 0.3) is 11.8 Å². The van der Waals surface area contributed by atoms with Gasteiger partial charge in [-0.25, -0.2) is 8.42 Å². The van der Waals surface area contributed by atoms with Crippen molar-refractivity contribution in [1.82, 2.24) is 15.2 Å². The maximum Gasteiger partial charge on any atom is 0.276 e. The number of rotatable bonds is 8. The number of amides is 2. The lowest BCUT2D eigenvalue weighted by Gasteiger charge is -2.26. The van der Waals surface area contributed by atoms with E-state index in [1.54, 1.807) is 48.5 Å². The van der Waals surface area contributed by atoms with Crippen LogP contribution in [0, 0.1) is 0 Å². The van der Waals surface area contributed by atoms with E-state index in [0.29, 0.717) is 30.0 Å². The van der Waals surface area contributed by atoms with Crippen LogP contribution in [0.2, 0.25) is 0 Å². The van der Waals surface area contributed by atoms with Crippen molar-refractivity contribution in [1.29, 1.82) is 0 Å². The lowest BCUT2D eigenvalue weighted by Crippen LogP contribution is -2.43. The lowest BCUT2D eigenvalue weighted by molar-refractivity contribution is -0.123. The van der Waals surface area contributed by atoms with E-state index < -0.39 is 21.8 Å². The number of hydrogen-bond donors (Lipinski definition) is 2. The molecule has 1 aliphatic heterocycles. The zero-order valence-corrected chi connectivity index (χ0v) is 20.9. The van der Waals surface area contributed by atoms with E-state index in [0.717, 1.165) is 19.3 Å². The molecular weight excluding hydrogens is 494 g/mol. The molecule has 4 rings (SSSR count). The molecule has 9 nitrogen and oxygen atoms in total. The molecule has 2 N–H and O–H groups in total. The highest BCUT2D eigenvalue weighted by Crippen LogP contribution is 2.21. The van der Waals surface area contributed by atoms with Crippen LogP contribution in [-0.4, -0.2) is 50.0 Å². The number of nitrogens with one attached hydrogen (secondary N) is 2. The third-order valence-electron chi connectivity index (χ3n) is 5.89. The lowest BCUT2D eigenvalue weighted by atomic mass is 10.0. The Bertz CT molecular complexity index is 1370. The highest BCUT2D eigenvalue weighted by molar-refractivity contribution is 7.89. The molecule has 0 radical (unpaired) electrons. The molecule has 3 aromatic carbocycles. The van der Waals surface area contributed by atoms with Gasteiger partial charge in [-0.05, 0) is 55.3 Å². The van der Waals surface area contributed by atoms with E-state index in [4.69, 9.17) is 4.74 Å². The summed E-state index contributed by atoms with van der Waals surface area (Å²) < 4.78 is 32.6. The van der Waals surface area contributed by atoms with Crippen molar-refractivity contribution in [3.05, 3.63) is 95.6 Å². The molecule has 1 fully saturated rings. The Balaban J connectivity index is 1.27. The van der Waals surface area contributed by atoms with Crippen molar-refractivity contribution < 1.29 is 27.5 Å². The van der Waals surface area contributed by atoms with Gasteiger partial charge in [0.15, 0.2) is 12.4 Å². The number of benzene rings is 3. The summed E-state index contributed by atoms with van der Waals surface area (Å²) in [4.78, 5) is 37.1. The molecule has 1 saturated heterocycles. The Labute approximate surface area is 215 Å². The second-order valence-corrected chi connectivity index (χ2v) is 10.4. The van der Waals surface area contributed by atoms with Gasteiger partial charge in [-0.1, -0.05) is 42.8 Å². The summed E-state index contributed by atoms with van der Waals surface area (Å²) >= 11 is 0. The van der Waals surface area contributed by atoms with Crippen molar-refractivity contribution in [3.63, 3.8) is 0 Å². The van der Waals surface area contributed by atoms with Crippen LogP contribution in [0.1, 0.15) is 45.5 Å². The maximum absolute atomic E-state index is 12.9. The monoisotopic (exact) mass is 521 g/mol. The predicted octanol–water partition coefficient (Wildman–Crippen LogP) is 2.93. The Morgan fingerprint density at radius 1 is 0.757 bits per heavy atom. The number of nitrogens with zero attached hydrogens (tertiary/aromatic N) is 1. The Morgan fingerprint density at radius 2 is 1.41 bits per heavy atom. The molecule has 0 unspecified atom stereocenters. The highest BCUT2D eigenvalue weighted by atomic mass is 32.2. The number of piperidine rings is 1. The first-order valence-corrected chi connectivity index (χ1v) is 13.3. The van der Waals surface area contributed by atoms with E-state index in [2.05, 4.69) is 10.9 Å². The van der Waals surface area contributed by atoms with Gasteiger partial charge in [-0.15, -0.1) is 0 Å². The van der Waals surface area contributed by atoms with Crippen LogP contribution >= 0.6 is 0 Å². The molecule has 0 aliphatic carbocycles. The van der Waals surface area contributed by atoms with Crippen molar-refractivity contribution in [3.8, 4) is 5.75 Å². The number of ketones is 1. The summed E-state index contributed by atoms with van der Waals surface area (Å²) in [7, 11) is -3.69. The van der Waals surface area contributed by atoms with Gasteiger partial charge in [-0.3, -0.25) is 25.2 Å². The highest BCUT2D eigenvalue weighted by Gasteiger charge is 2.26. The van der Waals surface area contributed by atoms with E-state index in [9.17, 15) is 22.8 Å². The van der Waals surface area contributed by atoms with Gasteiger partial charge in [0.1, 0.15) is 5.75 Å². The van der Waals surface area contributed by atoms with Crippen LogP contribution in [-0.2, 0) is 14.8 Å². The van der Waals surface area contributed by atoms with Crippen molar-refractivity contribution in [2.45, 2.75) is 24.2 Å². The molecule has 0 atom stereocenters. The van der Waals surface area contributed by atoms with E-state index in [1.807, 2.05) is 6.07 Å². The molecule has 0 bridgehead atoms. The molecule has 2 amide bonds. The molecule has 0 aromatic heterocycles. The molecule has 192 valence electrons. The maximum atomic E-state index is 12.9. The fourth-order valence-corrected chi connectivity index (χ4v) is 5.46. The Hall–Kier alpha value is -4.02. The van der Waals surface area contributed by atoms with Crippen LogP contribution < -0.4 is 15.6 Å². The molecule has 1 heterocycles. The minimum atomic E-state index is -3.69. The summed E-state index contributed by atoms with van der Waals surface area (Å²) in [5, 5.41) is 0. The normalized spacial score (nSPS) is 13.9. The summed E-state index contributed by atoms with van der Waals surface area (Å²) in [5.41, 5.74) is 5.66. The van der Waals surface area contributed by atoms with Gasteiger partial charge >= 0.3 is 0 Å². The van der Waals surface area contributed by atoms with E-state index in [-0.39, 0.29) is 22.8 Å². The number of hydrazine groups is 1. The summed E-state index contributed by atoms with van der Waals surface area (Å²) in [6, 6.07) is 20.9. The molecule has 0 saturated carbocycles. The predicted molar refractivity (Wildman–Crippen MR) is 136 cm³/mol. The molecule has 0 spiro atoms.